The smallest absolute Gasteiger partial charge is 0.293 e. The number of hydrogen-bond acceptors (Lipinski definition) is 5. The molecule has 0 aliphatic carbocycles. The van der Waals surface area contributed by atoms with Gasteiger partial charge in [-0.2, -0.15) is 0 Å². The molecule has 2 rings (SSSR count). The van der Waals surface area contributed by atoms with Crippen LogP contribution in [0.3, 0.4) is 0 Å². The standard InChI is InChI=1S/C15H20N2O4/c1-19-4-2-5-21-13-8-11-7-12(3-6-20-10-18)17-15(11)14(16)9-13/h7-10,17H,2-6,16H2,1H3. The van der Waals surface area contributed by atoms with Gasteiger partial charge in [-0.05, 0) is 12.1 Å². The Kier molecular flexibility index (Phi) is 5.45. The van der Waals surface area contributed by atoms with Crippen LogP contribution in [-0.4, -0.2) is 38.4 Å². The summed E-state index contributed by atoms with van der Waals surface area (Å²) in [5.41, 5.74) is 8.51. The summed E-state index contributed by atoms with van der Waals surface area (Å²) < 4.78 is 15.3. The number of nitrogens with one attached hydrogen (secondary N) is 1. The van der Waals surface area contributed by atoms with E-state index in [0.717, 1.165) is 28.8 Å². The van der Waals surface area contributed by atoms with E-state index in [-0.39, 0.29) is 0 Å². The van der Waals surface area contributed by atoms with Gasteiger partial charge in [0.25, 0.3) is 6.47 Å². The molecule has 0 saturated carbocycles. The highest BCUT2D eigenvalue weighted by atomic mass is 16.5. The van der Waals surface area contributed by atoms with Gasteiger partial charge in [0, 0.05) is 43.7 Å². The lowest BCUT2D eigenvalue weighted by atomic mass is 10.2. The minimum Gasteiger partial charge on any atom is -0.493 e. The van der Waals surface area contributed by atoms with Crippen molar-refractivity contribution in [1.29, 1.82) is 0 Å². The van der Waals surface area contributed by atoms with E-state index in [0.29, 0.717) is 38.4 Å². The van der Waals surface area contributed by atoms with Crippen molar-refractivity contribution in [1.82, 2.24) is 4.98 Å². The molecule has 6 nitrogen and oxygen atoms in total. The van der Waals surface area contributed by atoms with E-state index in [4.69, 9.17) is 19.9 Å². The average Bonchev–Trinajstić information content (AvgIpc) is 2.87. The summed E-state index contributed by atoms with van der Waals surface area (Å²) in [6.07, 6.45) is 1.45. The molecule has 2 aromatic rings. The number of methoxy groups -OCH3 is 1. The molecule has 3 N–H and O–H groups in total. The number of aromatic amines is 1. The third-order valence-electron chi connectivity index (χ3n) is 3.11. The Hall–Kier alpha value is -2.21. The van der Waals surface area contributed by atoms with Crippen molar-refractivity contribution in [3.05, 3.63) is 23.9 Å². The van der Waals surface area contributed by atoms with E-state index in [1.165, 1.54) is 0 Å². The van der Waals surface area contributed by atoms with Crippen molar-refractivity contribution in [2.24, 2.45) is 0 Å². The molecule has 0 amide bonds. The van der Waals surface area contributed by atoms with Crippen molar-refractivity contribution in [2.45, 2.75) is 12.8 Å². The van der Waals surface area contributed by atoms with Crippen LogP contribution in [-0.2, 0) is 20.7 Å². The molecule has 114 valence electrons. The fourth-order valence-corrected chi connectivity index (χ4v) is 2.13. The summed E-state index contributed by atoms with van der Waals surface area (Å²) >= 11 is 0. The number of ether oxygens (including phenoxy) is 3. The predicted octanol–water partition coefficient (Wildman–Crippen LogP) is 1.88. The van der Waals surface area contributed by atoms with Gasteiger partial charge >= 0.3 is 0 Å². The summed E-state index contributed by atoms with van der Waals surface area (Å²) in [5, 5.41) is 0.984. The minimum atomic E-state index is 0.344. The third-order valence-corrected chi connectivity index (χ3v) is 3.11. The largest absolute Gasteiger partial charge is 0.493 e. The summed E-state index contributed by atoms with van der Waals surface area (Å²) in [6.45, 7) is 2.05. The van der Waals surface area contributed by atoms with Crippen LogP contribution >= 0.6 is 0 Å². The number of benzene rings is 1. The topological polar surface area (TPSA) is 86.6 Å². The van der Waals surface area contributed by atoms with Crippen LogP contribution < -0.4 is 10.5 Å². The molecule has 0 atom stereocenters. The van der Waals surface area contributed by atoms with E-state index < -0.39 is 0 Å². The van der Waals surface area contributed by atoms with Crippen LogP contribution in [0.5, 0.6) is 5.75 Å². The zero-order valence-corrected chi connectivity index (χ0v) is 12.1. The summed E-state index contributed by atoms with van der Waals surface area (Å²) in [6, 6.07) is 5.73. The van der Waals surface area contributed by atoms with Crippen LogP contribution in [0.1, 0.15) is 12.1 Å². The van der Waals surface area contributed by atoms with Gasteiger partial charge in [-0.3, -0.25) is 4.79 Å². The van der Waals surface area contributed by atoms with E-state index in [1.54, 1.807) is 13.2 Å². The Morgan fingerprint density at radius 3 is 2.86 bits per heavy atom. The van der Waals surface area contributed by atoms with Crippen LogP contribution in [0, 0.1) is 0 Å². The number of nitrogen functional groups attached to an aromatic ring is 1. The van der Waals surface area contributed by atoms with Gasteiger partial charge in [-0.25, -0.2) is 0 Å². The zero-order valence-electron chi connectivity index (χ0n) is 12.1. The Labute approximate surface area is 123 Å². The highest BCUT2D eigenvalue weighted by Gasteiger charge is 2.07. The summed E-state index contributed by atoms with van der Waals surface area (Å²) in [7, 11) is 1.67. The molecule has 0 saturated heterocycles. The van der Waals surface area contributed by atoms with Gasteiger partial charge in [0.1, 0.15) is 5.75 Å². The van der Waals surface area contributed by atoms with Crippen molar-refractivity contribution < 1.29 is 19.0 Å². The number of anilines is 1. The molecule has 6 heteroatoms. The second-order valence-corrected chi connectivity index (χ2v) is 4.68. The van der Waals surface area contributed by atoms with E-state index in [1.807, 2.05) is 12.1 Å². The first-order chi connectivity index (χ1) is 10.2. The molecule has 1 aromatic heterocycles. The van der Waals surface area contributed by atoms with Crippen molar-refractivity contribution in [3.8, 4) is 5.75 Å². The van der Waals surface area contributed by atoms with Gasteiger partial charge < -0.3 is 24.9 Å². The Balaban J connectivity index is 2.06. The molecule has 0 radical (unpaired) electrons. The number of fused-ring (bicyclic) bond motifs is 1. The molecular formula is C15H20N2O4. The maximum atomic E-state index is 10.1. The number of aromatic nitrogens is 1. The first-order valence-electron chi connectivity index (χ1n) is 6.82. The number of hydrogen-bond donors (Lipinski definition) is 2. The fourth-order valence-electron chi connectivity index (χ4n) is 2.13. The lowest BCUT2D eigenvalue weighted by molar-refractivity contribution is -0.128. The van der Waals surface area contributed by atoms with Gasteiger partial charge in [0.15, 0.2) is 0 Å². The highest BCUT2D eigenvalue weighted by Crippen LogP contribution is 2.28. The van der Waals surface area contributed by atoms with Crippen molar-refractivity contribution in [3.63, 3.8) is 0 Å². The van der Waals surface area contributed by atoms with Crippen LogP contribution in [0.15, 0.2) is 18.2 Å². The molecule has 21 heavy (non-hydrogen) atoms. The quantitative estimate of drug-likeness (QED) is 0.418. The van der Waals surface area contributed by atoms with Gasteiger partial charge in [0.05, 0.1) is 24.4 Å². The lowest BCUT2D eigenvalue weighted by Gasteiger charge is -2.07. The third kappa shape index (κ3) is 4.13. The number of carbonyl (C=O) groups is 1. The first kappa shape index (κ1) is 15.2. The Morgan fingerprint density at radius 1 is 1.24 bits per heavy atom. The summed E-state index contributed by atoms with van der Waals surface area (Å²) in [5.74, 6) is 0.741. The number of rotatable bonds is 9. The Morgan fingerprint density at radius 2 is 2.10 bits per heavy atom. The highest BCUT2D eigenvalue weighted by molar-refractivity contribution is 5.92. The molecular weight excluding hydrogens is 272 g/mol. The van der Waals surface area contributed by atoms with E-state index in [9.17, 15) is 4.79 Å². The molecule has 0 bridgehead atoms. The molecule has 1 heterocycles. The monoisotopic (exact) mass is 292 g/mol. The van der Waals surface area contributed by atoms with Crippen LogP contribution in [0.25, 0.3) is 10.9 Å². The van der Waals surface area contributed by atoms with Crippen LogP contribution in [0.4, 0.5) is 5.69 Å². The average molecular weight is 292 g/mol. The van der Waals surface area contributed by atoms with Crippen molar-refractivity contribution >= 4 is 23.1 Å². The molecule has 0 aliphatic rings. The maximum absolute atomic E-state index is 10.1. The fraction of sp³-hybridized carbons (Fsp3) is 0.400. The normalized spacial score (nSPS) is 10.7. The lowest BCUT2D eigenvalue weighted by Crippen LogP contribution is -2.01. The first-order valence-corrected chi connectivity index (χ1v) is 6.82. The van der Waals surface area contributed by atoms with Crippen LogP contribution in [0.2, 0.25) is 0 Å². The molecule has 0 spiro atoms. The SMILES string of the molecule is COCCCOc1cc(N)c2[nH]c(CCOC=O)cc2c1. The zero-order chi connectivity index (χ0) is 15.1. The number of carbonyl (C=O) groups excluding carboxylic acids is 1. The molecule has 1 aromatic carbocycles. The van der Waals surface area contributed by atoms with E-state index >= 15 is 0 Å². The second kappa shape index (κ2) is 7.54. The van der Waals surface area contributed by atoms with E-state index in [2.05, 4.69) is 4.98 Å². The Bertz CT molecular complexity index is 595. The number of H-pyrrole nitrogens is 1. The van der Waals surface area contributed by atoms with Gasteiger partial charge in [0.2, 0.25) is 0 Å². The van der Waals surface area contributed by atoms with Crippen molar-refractivity contribution in [2.75, 3.05) is 32.7 Å². The minimum absolute atomic E-state index is 0.344. The predicted molar refractivity (Wildman–Crippen MR) is 80.4 cm³/mol. The maximum Gasteiger partial charge on any atom is 0.293 e. The summed E-state index contributed by atoms with van der Waals surface area (Å²) in [4.78, 5) is 13.4. The number of nitrogens with two attached hydrogens (primary N) is 1. The molecule has 0 unspecified atom stereocenters. The molecule has 0 aliphatic heterocycles. The molecule has 0 fully saturated rings. The van der Waals surface area contributed by atoms with Gasteiger partial charge in [-0.15, -0.1) is 0 Å². The second-order valence-electron chi connectivity index (χ2n) is 4.68. The van der Waals surface area contributed by atoms with Gasteiger partial charge in [-0.1, -0.05) is 0 Å².